The maximum atomic E-state index is 11.3. The van der Waals surface area contributed by atoms with Gasteiger partial charge in [-0.3, -0.25) is 4.79 Å². The fraction of sp³-hybridized carbons (Fsp3) is 0.833. The number of halogens is 1. The van der Waals surface area contributed by atoms with Gasteiger partial charge in [-0.1, -0.05) is 40.9 Å². The van der Waals surface area contributed by atoms with Crippen LogP contribution in [-0.2, 0) is 19.0 Å². The first-order valence-corrected chi connectivity index (χ1v) is 9.82. The van der Waals surface area contributed by atoms with Crippen LogP contribution in [0.1, 0.15) is 59.3 Å². The Labute approximate surface area is 150 Å². The fourth-order valence-corrected chi connectivity index (χ4v) is 2.49. The molecule has 0 spiro atoms. The van der Waals surface area contributed by atoms with E-state index in [1.165, 1.54) is 5.57 Å². The summed E-state index contributed by atoms with van der Waals surface area (Å²) in [4.78, 5) is 11.3. The summed E-state index contributed by atoms with van der Waals surface area (Å²) in [7, 11) is 0. The number of carbonyl (C=O) groups excluding carboxylic acids is 1. The Morgan fingerprint density at radius 2 is 1.96 bits per heavy atom. The molecule has 0 saturated heterocycles. The van der Waals surface area contributed by atoms with Crippen LogP contribution in [0.15, 0.2) is 11.6 Å². The predicted molar refractivity (Wildman–Crippen MR) is 98.1 cm³/mol. The molecule has 0 radical (unpaired) electrons. The Kier molecular flexibility index (Phi) is 16.2. The second kappa shape index (κ2) is 16.5. The van der Waals surface area contributed by atoms with Crippen molar-refractivity contribution in [3.63, 3.8) is 0 Å². The molecule has 0 amide bonds. The molecule has 23 heavy (non-hydrogen) atoms. The van der Waals surface area contributed by atoms with Crippen LogP contribution in [-0.4, -0.2) is 43.8 Å². The van der Waals surface area contributed by atoms with E-state index in [0.717, 1.165) is 44.0 Å². The summed E-state index contributed by atoms with van der Waals surface area (Å²) in [5.41, 5.74) is 1.23. The lowest BCUT2D eigenvalue weighted by atomic mass is 10.1. The molecule has 0 aromatic heterocycles. The van der Waals surface area contributed by atoms with Crippen molar-refractivity contribution >= 4 is 21.9 Å². The highest BCUT2D eigenvalue weighted by molar-refractivity contribution is 9.09. The van der Waals surface area contributed by atoms with Gasteiger partial charge < -0.3 is 14.2 Å². The molecular weight excluding hydrogens is 360 g/mol. The first-order chi connectivity index (χ1) is 11.1. The second-order valence-electron chi connectivity index (χ2n) is 5.55. The van der Waals surface area contributed by atoms with E-state index >= 15 is 0 Å². The molecule has 136 valence electrons. The molecule has 0 aliphatic heterocycles. The fourth-order valence-electron chi connectivity index (χ4n) is 1.98. The zero-order chi connectivity index (χ0) is 17.3. The summed E-state index contributed by atoms with van der Waals surface area (Å²) in [6, 6.07) is 0. The minimum Gasteiger partial charge on any atom is -0.466 e. The van der Waals surface area contributed by atoms with Crippen molar-refractivity contribution in [2.75, 3.05) is 31.8 Å². The van der Waals surface area contributed by atoms with Gasteiger partial charge in [-0.2, -0.15) is 0 Å². The SMILES string of the molecule is CCCCOCCOC(CBr)CCC=C(C)CCC(=O)OCC. The van der Waals surface area contributed by atoms with Crippen LogP contribution in [0.5, 0.6) is 0 Å². The molecule has 0 heterocycles. The van der Waals surface area contributed by atoms with Crippen LogP contribution in [0.3, 0.4) is 0 Å². The topological polar surface area (TPSA) is 44.8 Å². The molecule has 0 aromatic carbocycles. The van der Waals surface area contributed by atoms with Gasteiger partial charge in [-0.25, -0.2) is 0 Å². The average molecular weight is 393 g/mol. The van der Waals surface area contributed by atoms with E-state index in [2.05, 4.69) is 35.9 Å². The number of unbranched alkanes of at least 4 members (excludes halogenated alkanes) is 1. The Balaban J connectivity index is 3.75. The van der Waals surface area contributed by atoms with Gasteiger partial charge in [0.15, 0.2) is 0 Å². The summed E-state index contributed by atoms with van der Waals surface area (Å²) in [6.07, 6.45) is 7.82. The Bertz CT molecular complexity index is 318. The summed E-state index contributed by atoms with van der Waals surface area (Å²) in [5.74, 6) is -0.120. The number of esters is 1. The molecule has 4 nitrogen and oxygen atoms in total. The molecular formula is C18H33BrO4. The van der Waals surface area contributed by atoms with E-state index < -0.39 is 0 Å². The number of allylic oxidation sites excluding steroid dienone is 2. The van der Waals surface area contributed by atoms with Crippen LogP contribution >= 0.6 is 15.9 Å². The monoisotopic (exact) mass is 392 g/mol. The lowest BCUT2D eigenvalue weighted by Crippen LogP contribution is -2.17. The largest absolute Gasteiger partial charge is 0.466 e. The van der Waals surface area contributed by atoms with Crippen LogP contribution in [0.4, 0.5) is 0 Å². The number of alkyl halides is 1. The average Bonchev–Trinajstić information content (AvgIpc) is 2.54. The van der Waals surface area contributed by atoms with Gasteiger partial charge in [0.1, 0.15) is 0 Å². The van der Waals surface area contributed by atoms with Crippen molar-refractivity contribution < 1.29 is 19.0 Å². The van der Waals surface area contributed by atoms with E-state index in [1.807, 2.05) is 6.92 Å². The van der Waals surface area contributed by atoms with Crippen molar-refractivity contribution in [1.82, 2.24) is 0 Å². The lowest BCUT2D eigenvalue weighted by molar-refractivity contribution is -0.143. The maximum Gasteiger partial charge on any atom is 0.306 e. The van der Waals surface area contributed by atoms with E-state index in [4.69, 9.17) is 14.2 Å². The molecule has 1 atom stereocenters. The van der Waals surface area contributed by atoms with Gasteiger partial charge in [0.2, 0.25) is 0 Å². The van der Waals surface area contributed by atoms with Crippen molar-refractivity contribution in [2.45, 2.75) is 65.4 Å². The third-order valence-electron chi connectivity index (χ3n) is 3.41. The van der Waals surface area contributed by atoms with Crippen LogP contribution in [0.25, 0.3) is 0 Å². The highest BCUT2D eigenvalue weighted by Gasteiger charge is 2.07. The second-order valence-corrected chi connectivity index (χ2v) is 6.19. The standard InChI is InChI=1S/C18H33BrO4/c1-4-6-12-21-13-14-23-17(15-19)9-7-8-16(3)10-11-18(20)22-5-2/h8,17H,4-7,9-15H2,1-3H3. The third kappa shape index (κ3) is 14.9. The summed E-state index contributed by atoms with van der Waals surface area (Å²) in [6.45, 7) is 8.63. The number of hydrogen-bond donors (Lipinski definition) is 0. The quantitative estimate of drug-likeness (QED) is 0.176. The maximum absolute atomic E-state index is 11.3. The highest BCUT2D eigenvalue weighted by atomic mass is 79.9. The molecule has 0 aliphatic carbocycles. The number of ether oxygens (including phenoxy) is 3. The molecule has 0 aromatic rings. The summed E-state index contributed by atoms with van der Waals surface area (Å²) >= 11 is 3.50. The zero-order valence-corrected chi connectivity index (χ0v) is 16.5. The molecule has 0 aliphatic rings. The molecule has 0 N–H and O–H groups in total. The van der Waals surface area contributed by atoms with E-state index in [-0.39, 0.29) is 12.1 Å². The number of hydrogen-bond acceptors (Lipinski definition) is 4. The predicted octanol–water partition coefficient (Wildman–Crippen LogP) is 4.65. The molecule has 5 heteroatoms. The zero-order valence-electron chi connectivity index (χ0n) is 14.9. The normalized spacial score (nSPS) is 13.1. The molecule has 0 rings (SSSR count). The van der Waals surface area contributed by atoms with Gasteiger partial charge >= 0.3 is 5.97 Å². The van der Waals surface area contributed by atoms with Crippen molar-refractivity contribution in [1.29, 1.82) is 0 Å². The van der Waals surface area contributed by atoms with Gasteiger partial charge in [-0.15, -0.1) is 0 Å². The molecule has 0 saturated carbocycles. The van der Waals surface area contributed by atoms with E-state index in [1.54, 1.807) is 0 Å². The first-order valence-electron chi connectivity index (χ1n) is 8.70. The lowest BCUT2D eigenvalue weighted by Gasteiger charge is -2.14. The Morgan fingerprint density at radius 1 is 1.17 bits per heavy atom. The van der Waals surface area contributed by atoms with Crippen LogP contribution in [0, 0.1) is 0 Å². The minimum absolute atomic E-state index is 0.120. The third-order valence-corrected chi connectivity index (χ3v) is 4.13. The summed E-state index contributed by atoms with van der Waals surface area (Å²) < 4.78 is 16.2. The Hall–Kier alpha value is -0.390. The van der Waals surface area contributed by atoms with Crippen molar-refractivity contribution in [3.05, 3.63) is 11.6 Å². The smallest absolute Gasteiger partial charge is 0.306 e. The van der Waals surface area contributed by atoms with E-state index in [0.29, 0.717) is 26.2 Å². The van der Waals surface area contributed by atoms with Gasteiger partial charge in [-0.05, 0) is 39.5 Å². The highest BCUT2D eigenvalue weighted by Crippen LogP contribution is 2.11. The minimum atomic E-state index is -0.120. The van der Waals surface area contributed by atoms with Gasteiger partial charge in [0.05, 0.1) is 25.9 Å². The van der Waals surface area contributed by atoms with Crippen LogP contribution < -0.4 is 0 Å². The molecule has 0 fully saturated rings. The van der Waals surface area contributed by atoms with Gasteiger partial charge in [0, 0.05) is 18.4 Å². The molecule has 0 bridgehead atoms. The Morgan fingerprint density at radius 3 is 2.61 bits per heavy atom. The number of rotatable bonds is 15. The first kappa shape index (κ1) is 22.6. The van der Waals surface area contributed by atoms with Crippen molar-refractivity contribution in [2.24, 2.45) is 0 Å². The summed E-state index contributed by atoms with van der Waals surface area (Å²) in [5, 5.41) is 0.831. The molecule has 1 unspecified atom stereocenters. The van der Waals surface area contributed by atoms with Gasteiger partial charge in [0.25, 0.3) is 0 Å². The number of carbonyl (C=O) groups is 1. The van der Waals surface area contributed by atoms with E-state index in [9.17, 15) is 4.79 Å². The van der Waals surface area contributed by atoms with Crippen molar-refractivity contribution in [3.8, 4) is 0 Å². The van der Waals surface area contributed by atoms with Crippen LogP contribution in [0.2, 0.25) is 0 Å².